The number of ether oxygens (including phenoxy) is 1. The maximum atomic E-state index is 5.28. The molecule has 4 nitrogen and oxygen atoms in total. The minimum Gasteiger partial charge on any atom is -0.481 e. The molecule has 0 unspecified atom stereocenters. The van der Waals surface area contributed by atoms with Crippen LogP contribution < -0.4 is 16.0 Å². The second kappa shape index (κ2) is 3.92. The Balaban J connectivity index is 3.02. The lowest BCUT2D eigenvalue weighted by molar-refractivity contribution is 0.398. The van der Waals surface area contributed by atoms with Gasteiger partial charge in [0.1, 0.15) is 5.82 Å². The molecule has 0 atom stereocenters. The maximum Gasteiger partial charge on any atom is 0.214 e. The van der Waals surface area contributed by atoms with Gasteiger partial charge in [0, 0.05) is 6.07 Å². The summed E-state index contributed by atoms with van der Waals surface area (Å²) in [5.74, 6) is 6.53. The summed E-state index contributed by atoms with van der Waals surface area (Å²) < 4.78 is 4.95. The molecule has 1 rings (SSSR count). The molecule has 12 heavy (non-hydrogen) atoms. The molecule has 1 aromatic heterocycles. The SMILES string of the molecule is CCc1ccc(OC)nc1NN. The third kappa shape index (κ3) is 1.65. The number of nitrogens with two attached hydrogens (primary N) is 1. The highest BCUT2D eigenvalue weighted by Gasteiger charge is 2.01. The summed E-state index contributed by atoms with van der Waals surface area (Å²) in [6.07, 6.45) is 0.899. The van der Waals surface area contributed by atoms with Crippen LogP contribution in [0.2, 0.25) is 0 Å². The Morgan fingerprint density at radius 1 is 1.58 bits per heavy atom. The summed E-state index contributed by atoms with van der Waals surface area (Å²) in [7, 11) is 1.58. The van der Waals surface area contributed by atoms with Crippen molar-refractivity contribution >= 4 is 5.82 Å². The molecule has 3 N–H and O–H groups in total. The highest BCUT2D eigenvalue weighted by molar-refractivity contribution is 5.45. The fourth-order valence-electron chi connectivity index (χ4n) is 0.994. The second-order valence-corrected chi connectivity index (χ2v) is 2.36. The number of nitrogens with zero attached hydrogens (tertiary/aromatic N) is 1. The van der Waals surface area contributed by atoms with Crippen molar-refractivity contribution in [2.24, 2.45) is 5.84 Å². The van der Waals surface area contributed by atoms with Gasteiger partial charge in [-0.15, -0.1) is 0 Å². The molecule has 66 valence electrons. The minimum absolute atomic E-state index is 0.570. The Morgan fingerprint density at radius 2 is 2.33 bits per heavy atom. The number of hydrogen-bond donors (Lipinski definition) is 2. The number of aromatic nitrogens is 1. The van der Waals surface area contributed by atoms with Crippen LogP contribution in [0.5, 0.6) is 5.88 Å². The topological polar surface area (TPSA) is 60.2 Å². The Bertz CT molecular complexity index is 262. The predicted molar refractivity (Wildman–Crippen MR) is 48.0 cm³/mol. The van der Waals surface area contributed by atoms with Crippen LogP contribution in [-0.2, 0) is 6.42 Å². The van der Waals surface area contributed by atoms with Crippen LogP contribution in [0.3, 0.4) is 0 Å². The lowest BCUT2D eigenvalue weighted by atomic mass is 10.2. The van der Waals surface area contributed by atoms with E-state index in [0.29, 0.717) is 11.7 Å². The number of rotatable bonds is 3. The van der Waals surface area contributed by atoms with Crippen LogP contribution in [0.4, 0.5) is 5.82 Å². The van der Waals surface area contributed by atoms with Gasteiger partial charge in [-0.25, -0.2) is 5.84 Å². The normalized spacial score (nSPS) is 9.58. The van der Waals surface area contributed by atoms with Crippen molar-refractivity contribution in [1.82, 2.24) is 4.98 Å². The summed E-state index contributed by atoms with van der Waals surface area (Å²) in [5.41, 5.74) is 3.61. The van der Waals surface area contributed by atoms with Crippen LogP contribution >= 0.6 is 0 Å². The van der Waals surface area contributed by atoms with Gasteiger partial charge in [-0.1, -0.05) is 6.92 Å². The van der Waals surface area contributed by atoms with Gasteiger partial charge in [-0.2, -0.15) is 4.98 Å². The van der Waals surface area contributed by atoms with Crippen LogP contribution in [0.15, 0.2) is 12.1 Å². The van der Waals surface area contributed by atoms with Gasteiger partial charge < -0.3 is 10.2 Å². The zero-order valence-electron chi connectivity index (χ0n) is 7.29. The number of hydrogen-bond acceptors (Lipinski definition) is 4. The molecule has 0 aliphatic carbocycles. The van der Waals surface area contributed by atoms with Crippen LogP contribution in [-0.4, -0.2) is 12.1 Å². The first-order valence-corrected chi connectivity index (χ1v) is 3.82. The summed E-state index contributed by atoms with van der Waals surface area (Å²) in [6.45, 7) is 2.05. The molecule has 0 radical (unpaired) electrons. The maximum absolute atomic E-state index is 5.28. The zero-order chi connectivity index (χ0) is 8.97. The number of nitrogen functional groups attached to an aromatic ring is 1. The Hall–Kier alpha value is -1.29. The lowest BCUT2D eigenvalue weighted by Crippen LogP contribution is -2.11. The quantitative estimate of drug-likeness (QED) is 0.519. The van der Waals surface area contributed by atoms with Crippen molar-refractivity contribution in [3.8, 4) is 5.88 Å². The number of hydrazine groups is 1. The minimum atomic E-state index is 0.570. The third-order valence-electron chi connectivity index (χ3n) is 1.68. The van der Waals surface area contributed by atoms with E-state index in [1.807, 2.05) is 19.1 Å². The van der Waals surface area contributed by atoms with E-state index in [-0.39, 0.29) is 0 Å². The Kier molecular flexibility index (Phi) is 2.88. The number of methoxy groups -OCH3 is 1. The molecule has 0 aliphatic heterocycles. The molecule has 0 aliphatic rings. The fourth-order valence-corrected chi connectivity index (χ4v) is 0.994. The van der Waals surface area contributed by atoms with E-state index in [4.69, 9.17) is 10.6 Å². The van der Waals surface area contributed by atoms with Crippen molar-refractivity contribution in [2.75, 3.05) is 12.5 Å². The number of aryl methyl sites for hydroxylation is 1. The predicted octanol–water partition coefficient (Wildman–Crippen LogP) is 0.938. The van der Waals surface area contributed by atoms with Crippen LogP contribution in [0, 0.1) is 0 Å². The Labute approximate surface area is 71.7 Å². The largest absolute Gasteiger partial charge is 0.481 e. The van der Waals surface area contributed by atoms with E-state index >= 15 is 0 Å². The highest BCUT2D eigenvalue weighted by atomic mass is 16.5. The molecule has 4 heteroatoms. The van der Waals surface area contributed by atoms with Crippen molar-refractivity contribution in [3.63, 3.8) is 0 Å². The molecule has 1 aromatic rings. The molecule has 0 saturated heterocycles. The highest BCUT2D eigenvalue weighted by Crippen LogP contribution is 2.16. The van der Waals surface area contributed by atoms with Crippen molar-refractivity contribution in [1.29, 1.82) is 0 Å². The van der Waals surface area contributed by atoms with Crippen molar-refractivity contribution in [3.05, 3.63) is 17.7 Å². The third-order valence-corrected chi connectivity index (χ3v) is 1.68. The standard InChI is InChI=1S/C8H13N3O/c1-3-6-4-5-7(12-2)10-8(6)11-9/h4-5H,3,9H2,1-2H3,(H,10,11). The first kappa shape index (κ1) is 8.80. The van der Waals surface area contributed by atoms with Gasteiger partial charge in [0.15, 0.2) is 0 Å². The summed E-state index contributed by atoms with van der Waals surface area (Å²) in [5, 5.41) is 0. The van der Waals surface area contributed by atoms with Crippen molar-refractivity contribution < 1.29 is 4.74 Å². The molecule has 0 bridgehead atoms. The number of nitrogens with one attached hydrogen (secondary N) is 1. The first-order valence-electron chi connectivity index (χ1n) is 3.82. The molecule has 1 heterocycles. The van der Waals surface area contributed by atoms with Gasteiger partial charge in [-0.3, -0.25) is 0 Å². The first-order chi connectivity index (χ1) is 5.81. The average Bonchev–Trinajstić information content (AvgIpc) is 2.16. The van der Waals surface area contributed by atoms with Gasteiger partial charge in [0.05, 0.1) is 7.11 Å². The van der Waals surface area contributed by atoms with E-state index in [1.54, 1.807) is 7.11 Å². The summed E-state index contributed by atoms with van der Waals surface area (Å²) in [4.78, 5) is 4.12. The molecular weight excluding hydrogens is 154 g/mol. The van der Waals surface area contributed by atoms with Crippen LogP contribution in [0.1, 0.15) is 12.5 Å². The molecule has 0 fully saturated rings. The monoisotopic (exact) mass is 167 g/mol. The molecule has 0 saturated carbocycles. The summed E-state index contributed by atoms with van der Waals surface area (Å²) >= 11 is 0. The van der Waals surface area contributed by atoms with Gasteiger partial charge in [0.25, 0.3) is 0 Å². The van der Waals surface area contributed by atoms with Gasteiger partial charge in [-0.05, 0) is 18.1 Å². The lowest BCUT2D eigenvalue weighted by Gasteiger charge is -2.06. The van der Waals surface area contributed by atoms with Gasteiger partial charge in [0.2, 0.25) is 5.88 Å². The van der Waals surface area contributed by atoms with E-state index in [2.05, 4.69) is 10.4 Å². The van der Waals surface area contributed by atoms with E-state index in [1.165, 1.54) is 0 Å². The average molecular weight is 167 g/mol. The van der Waals surface area contributed by atoms with Crippen LogP contribution in [0.25, 0.3) is 0 Å². The smallest absolute Gasteiger partial charge is 0.214 e. The molecule has 0 amide bonds. The number of pyridine rings is 1. The number of anilines is 1. The van der Waals surface area contributed by atoms with Crippen molar-refractivity contribution in [2.45, 2.75) is 13.3 Å². The zero-order valence-corrected chi connectivity index (χ0v) is 7.29. The van der Waals surface area contributed by atoms with E-state index in [9.17, 15) is 0 Å². The summed E-state index contributed by atoms with van der Waals surface area (Å²) in [6, 6.07) is 3.76. The van der Waals surface area contributed by atoms with Gasteiger partial charge >= 0.3 is 0 Å². The molecule has 0 aromatic carbocycles. The molecular formula is C8H13N3O. The fraction of sp³-hybridized carbons (Fsp3) is 0.375. The second-order valence-electron chi connectivity index (χ2n) is 2.36. The Morgan fingerprint density at radius 3 is 2.83 bits per heavy atom. The molecule has 0 spiro atoms. The van der Waals surface area contributed by atoms with E-state index in [0.717, 1.165) is 12.0 Å². The van der Waals surface area contributed by atoms with E-state index < -0.39 is 0 Å².